The van der Waals surface area contributed by atoms with Crippen LogP contribution in [0.3, 0.4) is 0 Å². The summed E-state index contributed by atoms with van der Waals surface area (Å²) in [6, 6.07) is 0. The maximum Gasteiger partial charge on any atom is 0.193 e. The summed E-state index contributed by atoms with van der Waals surface area (Å²) < 4.78 is 11.9. The summed E-state index contributed by atoms with van der Waals surface area (Å²) >= 11 is 0. The SMILES string of the molecule is CCN(CC)CCCNC(=NC)N1CCC(OCC2CCCCO2)CC1.I. The second kappa shape index (κ2) is 14.8. The Morgan fingerprint density at radius 3 is 2.52 bits per heavy atom. The summed E-state index contributed by atoms with van der Waals surface area (Å²) in [6.07, 6.45) is 7.64. The lowest BCUT2D eigenvalue weighted by atomic mass is 10.1. The lowest BCUT2D eigenvalue weighted by Gasteiger charge is -2.35. The minimum absolute atomic E-state index is 0. The Bertz CT molecular complexity index is 393. The van der Waals surface area contributed by atoms with E-state index in [0.717, 1.165) is 84.1 Å². The highest BCUT2D eigenvalue weighted by Crippen LogP contribution is 2.17. The molecule has 2 rings (SSSR count). The maximum absolute atomic E-state index is 6.12. The van der Waals surface area contributed by atoms with E-state index in [2.05, 4.69) is 34.0 Å². The van der Waals surface area contributed by atoms with E-state index in [-0.39, 0.29) is 24.0 Å². The number of nitrogens with zero attached hydrogens (tertiary/aromatic N) is 3. The molecule has 0 aromatic rings. The Morgan fingerprint density at radius 2 is 1.93 bits per heavy atom. The van der Waals surface area contributed by atoms with Gasteiger partial charge in [-0.25, -0.2) is 0 Å². The van der Waals surface area contributed by atoms with Gasteiger partial charge in [-0.2, -0.15) is 0 Å². The maximum atomic E-state index is 6.12. The molecule has 1 N–H and O–H groups in total. The smallest absolute Gasteiger partial charge is 0.193 e. The van der Waals surface area contributed by atoms with Crippen LogP contribution in [0.5, 0.6) is 0 Å². The zero-order valence-corrected chi connectivity index (χ0v) is 20.0. The van der Waals surface area contributed by atoms with Gasteiger partial charge in [0.05, 0.1) is 18.8 Å². The molecule has 2 aliphatic heterocycles. The van der Waals surface area contributed by atoms with Gasteiger partial charge in [-0.1, -0.05) is 13.8 Å². The van der Waals surface area contributed by atoms with Gasteiger partial charge in [-0.15, -0.1) is 24.0 Å². The first-order valence-electron chi connectivity index (χ1n) is 10.7. The van der Waals surface area contributed by atoms with Gasteiger partial charge in [0.2, 0.25) is 0 Å². The van der Waals surface area contributed by atoms with Gasteiger partial charge in [0, 0.05) is 33.3 Å². The number of aliphatic imine (C=N–C) groups is 1. The molecule has 0 bridgehead atoms. The first kappa shape index (κ1) is 24.9. The summed E-state index contributed by atoms with van der Waals surface area (Å²) in [4.78, 5) is 9.30. The van der Waals surface area contributed by atoms with Crippen molar-refractivity contribution in [1.29, 1.82) is 0 Å². The van der Waals surface area contributed by atoms with Gasteiger partial charge in [0.15, 0.2) is 5.96 Å². The first-order valence-corrected chi connectivity index (χ1v) is 10.7. The molecule has 160 valence electrons. The topological polar surface area (TPSA) is 49.3 Å². The highest BCUT2D eigenvalue weighted by Gasteiger charge is 2.23. The van der Waals surface area contributed by atoms with Crippen LogP contribution < -0.4 is 5.32 Å². The van der Waals surface area contributed by atoms with Crippen molar-refractivity contribution in [3.05, 3.63) is 0 Å². The van der Waals surface area contributed by atoms with Gasteiger partial charge in [-0.05, 0) is 58.2 Å². The van der Waals surface area contributed by atoms with Crippen LogP contribution in [0.4, 0.5) is 0 Å². The summed E-state index contributed by atoms with van der Waals surface area (Å²) in [6.45, 7) is 12.6. The normalized spacial score (nSPS) is 22.0. The summed E-state index contributed by atoms with van der Waals surface area (Å²) in [5.41, 5.74) is 0. The zero-order chi connectivity index (χ0) is 18.6. The highest BCUT2D eigenvalue weighted by molar-refractivity contribution is 14.0. The van der Waals surface area contributed by atoms with Crippen LogP contribution in [0.1, 0.15) is 52.4 Å². The van der Waals surface area contributed by atoms with Crippen LogP contribution in [0.15, 0.2) is 4.99 Å². The van der Waals surface area contributed by atoms with E-state index in [1.807, 2.05) is 7.05 Å². The Labute approximate surface area is 183 Å². The lowest BCUT2D eigenvalue weighted by Crippen LogP contribution is -2.47. The molecule has 2 aliphatic rings. The number of nitrogens with one attached hydrogen (secondary N) is 1. The predicted octanol–water partition coefficient (Wildman–Crippen LogP) is 2.96. The number of halogens is 1. The van der Waals surface area contributed by atoms with Gasteiger partial charge in [0.25, 0.3) is 0 Å². The second-order valence-electron chi connectivity index (χ2n) is 7.36. The second-order valence-corrected chi connectivity index (χ2v) is 7.36. The highest BCUT2D eigenvalue weighted by atomic mass is 127. The number of hydrogen-bond donors (Lipinski definition) is 1. The molecule has 2 saturated heterocycles. The van der Waals surface area contributed by atoms with Crippen molar-refractivity contribution >= 4 is 29.9 Å². The molecule has 0 aromatic carbocycles. The van der Waals surface area contributed by atoms with Crippen LogP contribution in [0, 0.1) is 0 Å². The summed E-state index contributed by atoms with van der Waals surface area (Å²) in [5, 5.41) is 3.53. The lowest BCUT2D eigenvalue weighted by molar-refractivity contribution is -0.0721. The van der Waals surface area contributed by atoms with Crippen molar-refractivity contribution in [2.24, 2.45) is 4.99 Å². The van der Waals surface area contributed by atoms with E-state index >= 15 is 0 Å². The fourth-order valence-corrected chi connectivity index (χ4v) is 3.79. The van der Waals surface area contributed by atoms with Crippen LogP contribution in [0.25, 0.3) is 0 Å². The third-order valence-corrected chi connectivity index (χ3v) is 5.57. The third-order valence-electron chi connectivity index (χ3n) is 5.57. The molecule has 0 aromatic heterocycles. The number of rotatable bonds is 9. The Hall–Kier alpha value is -0.120. The largest absolute Gasteiger partial charge is 0.376 e. The molecule has 0 amide bonds. The summed E-state index contributed by atoms with van der Waals surface area (Å²) in [5.74, 6) is 1.04. The molecule has 0 spiro atoms. The summed E-state index contributed by atoms with van der Waals surface area (Å²) in [7, 11) is 1.88. The van der Waals surface area contributed by atoms with Crippen LogP contribution in [-0.4, -0.2) is 87.5 Å². The molecule has 0 saturated carbocycles. The van der Waals surface area contributed by atoms with Crippen LogP contribution in [-0.2, 0) is 9.47 Å². The number of likely N-dealkylation sites (tertiary alicyclic amines) is 1. The standard InChI is InChI=1S/C20H40N4O2.HI/c1-4-23(5-2)13-8-12-22-20(21-3)24-14-10-18(11-15-24)26-17-19-9-6-7-16-25-19;/h18-19H,4-17H2,1-3H3,(H,21,22);1H. The minimum atomic E-state index is 0. The van der Waals surface area contributed by atoms with E-state index in [9.17, 15) is 0 Å². The van der Waals surface area contributed by atoms with Gasteiger partial charge in [0.1, 0.15) is 0 Å². The van der Waals surface area contributed by atoms with Crippen molar-refractivity contribution in [3.8, 4) is 0 Å². The third kappa shape index (κ3) is 9.28. The fourth-order valence-electron chi connectivity index (χ4n) is 3.79. The Kier molecular flexibility index (Phi) is 13.7. The van der Waals surface area contributed by atoms with Crippen LogP contribution in [0.2, 0.25) is 0 Å². The van der Waals surface area contributed by atoms with E-state index in [1.54, 1.807) is 0 Å². The average Bonchev–Trinajstić information content (AvgIpc) is 2.71. The molecular formula is C20H41IN4O2. The van der Waals surface area contributed by atoms with Crippen molar-refractivity contribution < 1.29 is 9.47 Å². The van der Waals surface area contributed by atoms with Gasteiger partial charge < -0.3 is 24.6 Å². The molecule has 7 heteroatoms. The first-order chi connectivity index (χ1) is 12.8. The molecule has 2 fully saturated rings. The van der Waals surface area contributed by atoms with Crippen molar-refractivity contribution in [2.75, 3.05) is 59.5 Å². The van der Waals surface area contributed by atoms with Crippen molar-refractivity contribution in [2.45, 2.75) is 64.6 Å². The number of piperidine rings is 1. The minimum Gasteiger partial charge on any atom is -0.376 e. The van der Waals surface area contributed by atoms with Crippen molar-refractivity contribution in [1.82, 2.24) is 15.1 Å². The molecule has 6 nitrogen and oxygen atoms in total. The van der Waals surface area contributed by atoms with E-state index in [1.165, 1.54) is 12.8 Å². The Balaban J connectivity index is 0.00000364. The fraction of sp³-hybridized carbons (Fsp3) is 0.950. The Morgan fingerprint density at radius 1 is 1.19 bits per heavy atom. The van der Waals surface area contributed by atoms with Crippen molar-refractivity contribution in [3.63, 3.8) is 0 Å². The number of hydrogen-bond acceptors (Lipinski definition) is 4. The molecule has 1 atom stereocenters. The molecule has 1 unspecified atom stereocenters. The molecular weight excluding hydrogens is 455 g/mol. The monoisotopic (exact) mass is 496 g/mol. The molecule has 0 radical (unpaired) electrons. The number of ether oxygens (including phenoxy) is 2. The van der Waals surface area contributed by atoms with Crippen LogP contribution >= 0.6 is 24.0 Å². The van der Waals surface area contributed by atoms with Gasteiger partial charge in [-0.3, -0.25) is 4.99 Å². The van der Waals surface area contributed by atoms with E-state index in [4.69, 9.17) is 9.47 Å². The molecule has 0 aliphatic carbocycles. The predicted molar refractivity (Wildman–Crippen MR) is 123 cm³/mol. The molecule has 2 heterocycles. The average molecular weight is 496 g/mol. The zero-order valence-electron chi connectivity index (χ0n) is 17.6. The van der Waals surface area contributed by atoms with E-state index in [0.29, 0.717) is 12.2 Å². The van der Waals surface area contributed by atoms with E-state index < -0.39 is 0 Å². The molecule has 27 heavy (non-hydrogen) atoms. The number of guanidine groups is 1. The van der Waals surface area contributed by atoms with Gasteiger partial charge >= 0.3 is 0 Å². The quantitative estimate of drug-likeness (QED) is 0.230.